The Morgan fingerprint density at radius 3 is 2.26 bits per heavy atom. The van der Waals surface area contributed by atoms with Gasteiger partial charge in [-0.3, -0.25) is 4.79 Å². The SMILES string of the molecule is CC(C)(N)C(C)(C)C(=O)OCCCc1ccccc1. The first-order valence-electron chi connectivity index (χ1n) is 6.75. The molecule has 0 heterocycles. The number of hydrogen-bond donors (Lipinski definition) is 1. The molecule has 0 spiro atoms. The maximum Gasteiger partial charge on any atom is 0.313 e. The minimum absolute atomic E-state index is 0.229. The lowest BCUT2D eigenvalue weighted by Gasteiger charge is -2.35. The zero-order valence-corrected chi connectivity index (χ0v) is 12.4. The van der Waals surface area contributed by atoms with Crippen molar-refractivity contribution in [1.82, 2.24) is 0 Å². The molecule has 0 unspecified atom stereocenters. The van der Waals surface area contributed by atoms with Crippen molar-refractivity contribution in [1.29, 1.82) is 0 Å². The van der Waals surface area contributed by atoms with E-state index >= 15 is 0 Å². The Hall–Kier alpha value is -1.35. The molecule has 3 nitrogen and oxygen atoms in total. The maximum atomic E-state index is 12.0. The van der Waals surface area contributed by atoms with Crippen LogP contribution < -0.4 is 5.73 Å². The van der Waals surface area contributed by atoms with E-state index < -0.39 is 11.0 Å². The topological polar surface area (TPSA) is 52.3 Å². The van der Waals surface area contributed by atoms with E-state index in [1.165, 1.54) is 5.56 Å². The van der Waals surface area contributed by atoms with Gasteiger partial charge in [-0.1, -0.05) is 30.3 Å². The fourth-order valence-corrected chi connectivity index (χ4v) is 1.53. The molecule has 0 saturated carbocycles. The molecule has 2 N–H and O–H groups in total. The van der Waals surface area contributed by atoms with Crippen LogP contribution in [0, 0.1) is 5.41 Å². The molecule has 3 heteroatoms. The van der Waals surface area contributed by atoms with Crippen LogP contribution in [0.4, 0.5) is 0 Å². The van der Waals surface area contributed by atoms with Gasteiger partial charge in [-0.25, -0.2) is 0 Å². The average molecular weight is 263 g/mol. The van der Waals surface area contributed by atoms with Gasteiger partial charge in [0.1, 0.15) is 0 Å². The number of nitrogens with two attached hydrogens (primary N) is 1. The van der Waals surface area contributed by atoms with E-state index in [2.05, 4.69) is 12.1 Å². The lowest BCUT2D eigenvalue weighted by atomic mass is 9.75. The average Bonchev–Trinajstić information content (AvgIpc) is 2.34. The Balaban J connectivity index is 2.36. The molecule has 0 radical (unpaired) electrons. The fraction of sp³-hybridized carbons (Fsp3) is 0.562. The van der Waals surface area contributed by atoms with Gasteiger partial charge in [0.05, 0.1) is 12.0 Å². The largest absolute Gasteiger partial charge is 0.465 e. The van der Waals surface area contributed by atoms with Crippen molar-refractivity contribution in [3.8, 4) is 0 Å². The number of ether oxygens (including phenoxy) is 1. The van der Waals surface area contributed by atoms with E-state index in [4.69, 9.17) is 10.5 Å². The number of benzene rings is 1. The Kier molecular flexibility index (Phi) is 5.12. The van der Waals surface area contributed by atoms with Crippen LogP contribution in [0.15, 0.2) is 30.3 Å². The minimum atomic E-state index is -0.681. The summed E-state index contributed by atoms with van der Waals surface area (Å²) >= 11 is 0. The van der Waals surface area contributed by atoms with Crippen molar-refractivity contribution >= 4 is 5.97 Å². The number of carbonyl (C=O) groups is 1. The van der Waals surface area contributed by atoms with Crippen LogP contribution in [-0.2, 0) is 16.0 Å². The van der Waals surface area contributed by atoms with Crippen LogP contribution in [0.1, 0.15) is 39.7 Å². The van der Waals surface area contributed by atoms with Crippen molar-refractivity contribution < 1.29 is 9.53 Å². The highest BCUT2D eigenvalue weighted by Gasteiger charge is 2.41. The van der Waals surface area contributed by atoms with E-state index in [-0.39, 0.29) is 5.97 Å². The zero-order chi connectivity index (χ0) is 14.5. The van der Waals surface area contributed by atoms with Crippen LogP contribution in [0.25, 0.3) is 0 Å². The Bertz CT molecular complexity index is 405. The van der Waals surface area contributed by atoms with Crippen LogP contribution in [0.2, 0.25) is 0 Å². The number of carbonyl (C=O) groups excluding carboxylic acids is 1. The summed E-state index contributed by atoms with van der Waals surface area (Å²) in [5, 5.41) is 0. The highest BCUT2D eigenvalue weighted by atomic mass is 16.5. The summed E-state index contributed by atoms with van der Waals surface area (Å²) in [7, 11) is 0. The quantitative estimate of drug-likeness (QED) is 0.634. The van der Waals surface area contributed by atoms with Gasteiger partial charge in [-0.05, 0) is 46.1 Å². The summed E-state index contributed by atoms with van der Waals surface area (Å²) in [5.74, 6) is -0.229. The molecule has 0 bridgehead atoms. The number of hydrogen-bond acceptors (Lipinski definition) is 3. The molecule has 106 valence electrons. The third kappa shape index (κ3) is 4.35. The zero-order valence-electron chi connectivity index (χ0n) is 12.4. The second kappa shape index (κ2) is 6.20. The predicted molar refractivity (Wildman–Crippen MR) is 77.8 cm³/mol. The van der Waals surface area contributed by atoms with Crippen molar-refractivity contribution in [2.45, 2.75) is 46.1 Å². The molecule has 1 aromatic carbocycles. The summed E-state index contributed by atoms with van der Waals surface area (Å²) in [6.07, 6.45) is 1.75. The van der Waals surface area contributed by atoms with E-state index in [0.717, 1.165) is 12.8 Å². The normalized spacial score (nSPS) is 12.3. The molecule has 0 amide bonds. The van der Waals surface area contributed by atoms with Crippen LogP contribution in [-0.4, -0.2) is 18.1 Å². The molecular weight excluding hydrogens is 238 g/mol. The highest BCUT2D eigenvalue weighted by molar-refractivity contribution is 5.77. The van der Waals surface area contributed by atoms with Crippen LogP contribution >= 0.6 is 0 Å². The van der Waals surface area contributed by atoms with Crippen molar-refractivity contribution in [3.05, 3.63) is 35.9 Å². The summed E-state index contributed by atoms with van der Waals surface area (Å²) in [4.78, 5) is 12.0. The number of aryl methyl sites for hydroxylation is 1. The lowest BCUT2D eigenvalue weighted by Crippen LogP contribution is -2.52. The second-order valence-corrected chi connectivity index (χ2v) is 6.07. The van der Waals surface area contributed by atoms with Crippen molar-refractivity contribution in [2.75, 3.05) is 6.61 Å². The molecule has 1 aromatic rings. The van der Waals surface area contributed by atoms with Gasteiger partial charge in [0.25, 0.3) is 0 Å². The van der Waals surface area contributed by atoms with Gasteiger partial charge >= 0.3 is 5.97 Å². The molecule has 0 saturated heterocycles. The maximum absolute atomic E-state index is 12.0. The standard InChI is InChI=1S/C16H25NO2/c1-15(2,16(3,4)17)14(18)19-12-8-11-13-9-6-5-7-10-13/h5-7,9-10H,8,11-12,17H2,1-4H3. The van der Waals surface area contributed by atoms with E-state index in [1.807, 2.05) is 45.9 Å². The van der Waals surface area contributed by atoms with Gasteiger partial charge in [-0.2, -0.15) is 0 Å². The van der Waals surface area contributed by atoms with Crippen LogP contribution in [0.5, 0.6) is 0 Å². The molecular formula is C16H25NO2. The summed E-state index contributed by atoms with van der Waals surface area (Å²) < 4.78 is 5.34. The smallest absolute Gasteiger partial charge is 0.313 e. The Labute approximate surface area is 116 Å². The van der Waals surface area contributed by atoms with Gasteiger partial charge < -0.3 is 10.5 Å². The number of esters is 1. The third-order valence-corrected chi connectivity index (χ3v) is 3.81. The minimum Gasteiger partial charge on any atom is -0.465 e. The highest BCUT2D eigenvalue weighted by Crippen LogP contribution is 2.29. The van der Waals surface area contributed by atoms with Crippen LogP contribution in [0.3, 0.4) is 0 Å². The van der Waals surface area contributed by atoms with Crippen molar-refractivity contribution in [3.63, 3.8) is 0 Å². The Morgan fingerprint density at radius 2 is 1.74 bits per heavy atom. The Morgan fingerprint density at radius 1 is 1.16 bits per heavy atom. The summed E-state index contributed by atoms with van der Waals surface area (Å²) in [6, 6.07) is 10.2. The number of rotatable bonds is 6. The van der Waals surface area contributed by atoms with E-state index in [0.29, 0.717) is 6.61 Å². The molecule has 1 rings (SSSR count). The molecule has 0 aliphatic carbocycles. The molecule has 19 heavy (non-hydrogen) atoms. The van der Waals surface area contributed by atoms with E-state index in [1.54, 1.807) is 0 Å². The first-order chi connectivity index (χ1) is 8.75. The van der Waals surface area contributed by atoms with Gasteiger partial charge in [0.2, 0.25) is 0 Å². The van der Waals surface area contributed by atoms with Crippen molar-refractivity contribution in [2.24, 2.45) is 11.1 Å². The molecule has 0 aliphatic rings. The molecule has 0 atom stereocenters. The third-order valence-electron chi connectivity index (χ3n) is 3.81. The summed E-state index contributed by atoms with van der Waals surface area (Å²) in [5.41, 5.74) is 6.00. The molecule has 0 aliphatic heterocycles. The fourth-order valence-electron chi connectivity index (χ4n) is 1.53. The molecule has 0 fully saturated rings. The first kappa shape index (κ1) is 15.7. The van der Waals surface area contributed by atoms with Gasteiger partial charge in [-0.15, -0.1) is 0 Å². The lowest BCUT2D eigenvalue weighted by molar-refractivity contribution is -0.157. The molecule has 0 aromatic heterocycles. The predicted octanol–water partition coefficient (Wildman–Crippen LogP) is 2.93. The van der Waals surface area contributed by atoms with E-state index in [9.17, 15) is 4.79 Å². The first-order valence-corrected chi connectivity index (χ1v) is 6.75. The van der Waals surface area contributed by atoms with Gasteiger partial charge in [0.15, 0.2) is 0 Å². The van der Waals surface area contributed by atoms with Gasteiger partial charge in [0, 0.05) is 5.54 Å². The monoisotopic (exact) mass is 263 g/mol. The summed E-state index contributed by atoms with van der Waals surface area (Å²) in [6.45, 7) is 7.78. The second-order valence-electron chi connectivity index (χ2n) is 6.07.